The zero-order chi connectivity index (χ0) is 8.97. The lowest BCUT2D eigenvalue weighted by atomic mass is 9.81. The van der Waals surface area contributed by atoms with Gasteiger partial charge in [-0.3, -0.25) is 4.79 Å². The van der Waals surface area contributed by atoms with Gasteiger partial charge < -0.3 is 11.1 Å². The van der Waals surface area contributed by atoms with Crippen LogP contribution >= 0.6 is 0 Å². The van der Waals surface area contributed by atoms with Gasteiger partial charge in [-0.25, -0.2) is 0 Å². The van der Waals surface area contributed by atoms with E-state index in [-0.39, 0.29) is 5.91 Å². The Kier molecular flexibility index (Phi) is 3.53. The van der Waals surface area contributed by atoms with Crippen molar-refractivity contribution >= 4 is 5.91 Å². The third kappa shape index (κ3) is 2.81. The Morgan fingerprint density at radius 3 is 2.75 bits per heavy atom. The molecule has 3 nitrogen and oxygen atoms in total. The van der Waals surface area contributed by atoms with Crippen molar-refractivity contribution in [2.24, 2.45) is 11.7 Å². The second-order valence-electron chi connectivity index (χ2n) is 3.65. The van der Waals surface area contributed by atoms with Crippen molar-refractivity contribution in [1.82, 2.24) is 5.32 Å². The number of hydrogen-bond donors (Lipinski definition) is 2. The minimum absolute atomic E-state index is 0.179. The fourth-order valence-corrected chi connectivity index (χ4v) is 1.53. The highest BCUT2D eigenvalue weighted by Gasteiger charge is 2.25. The largest absolute Gasteiger partial charge is 0.356 e. The summed E-state index contributed by atoms with van der Waals surface area (Å²) in [5.41, 5.74) is 5.62. The minimum atomic E-state index is 0.179. The number of nitrogens with two attached hydrogens (primary N) is 1. The predicted octanol–water partition coefficient (Wildman–Crippen LogP) is 0.640. The van der Waals surface area contributed by atoms with Crippen LogP contribution in [0.25, 0.3) is 0 Å². The molecule has 1 aliphatic carbocycles. The average Bonchev–Trinajstić information content (AvgIpc) is 1.96. The molecule has 0 spiro atoms. The Morgan fingerprint density at radius 2 is 2.25 bits per heavy atom. The Bertz CT molecular complexity index is 153. The monoisotopic (exact) mass is 170 g/mol. The molecule has 0 aromatic heterocycles. The summed E-state index contributed by atoms with van der Waals surface area (Å²) in [7, 11) is 0. The van der Waals surface area contributed by atoms with E-state index in [2.05, 4.69) is 5.32 Å². The number of carbonyl (C=O) groups is 1. The Hall–Kier alpha value is -0.570. The van der Waals surface area contributed by atoms with Crippen molar-refractivity contribution < 1.29 is 4.79 Å². The van der Waals surface area contributed by atoms with Gasteiger partial charge in [0.15, 0.2) is 0 Å². The van der Waals surface area contributed by atoms with Crippen LogP contribution < -0.4 is 11.1 Å². The fourth-order valence-electron chi connectivity index (χ4n) is 1.53. The Morgan fingerprint density at radius 1 is 1.58 bits per heavy atom. The molecule has 1 aliphatic rings. The standard InChI is InChI=1S/C9H18N2O/c1-2-3-9(12)11-6-7-4-8(10)5-7/h7-8H,2-6,10H2,1H3,(H,11,12). The smallest absolute Gasteiger partial charge is 0.219 e. The quantitative estimate of drug-likeness (QED) is 0.650. The second kappa shape index (κ2) is 4.45. The van der Waals surface area contributed by atoms with Gasteiger partial charge in [0.1, 0.15) is 0 Å². The van der Waals surface area contributed by atoms with Gasteiger partial charge in [-0.1, -0.05) is 6.92 Å². The van der Waals surface area contributed by atoms with Crippen molar-refractivity contribution in [1.29, 1.82) is 0 Å². The van der Waals surface area contributed by atoms with Gasteiger partial charge in [0.2, 0.25) is 5.91 Å². The van der Waals surface area contributed by atoms with Crippen LogP contribution in [-0.2, 0) is 4.79 Å². The third-order valence-corrected chi connectivity index (χ3v) is 2.34. The van der Waals surface area contributed by atoms with Gasteiger partial charge in [-0.15, -0.1) is 0 Å². The summed E-state index contributed by atoms with van der Waals surface area (Å²) in [5, 5.41) is 2.91. The molecular formula is C9H18N2O. The lowest BCUT2D eigenvalue weighted by Crippen LogP contribution is -2.42. The number of carbonyl (C=O) groups excluding carboxylic acids is 1. The van der Waals surface area contributed by atoms with E-state index in [0.29, 0.717) is 18.4 Å². The van der Waals surface area contributed by atoms with Crippen LogP contribution in [0.3, 0.4) is 0 Å². The second-order valence-corrected chi connectivity index (χ2v) is 3.65. The van der Waals surface area contributed by atoms with E-state index in [0.717, 1.165) is 25.8 Å². The Labute approximate surface area is 73.7 Å². The van der Waals surface area contributed by atoms with Gasteiger partial charge in [-0.2, -0.15) is 0 Å². The molecule has 0 atom stereocenters. The van der Waals surface area contributed by atoms with Crippen LogP contribution in [0, 0.1) is 5.92 Å². The molecule has 0 radical (unpaired) electrons. The van der Waals surface area contributed by atoms with E-state index in [1.54, 1.807) is 0 Å². The molecule has 0 heterocycles. The van der Waals surface area contributed by atoms with Crippen LogP contribution in [0.15, 0.2) is 0 Å². The summed E-state index contributed by atoms with van der Waals surface area (Å²) in [6.45, 7) is 2.84. The highest BCUT2D eigenvalue weighted by Crippen LogP contribution is 2.24. The SMILES string of the molecule is CCCC(=O)NCC1CC(N)C1. The molecule has 0 aromatic rings. The fraction of sp³-hybridized carbons (Fsp3) is 0.889. The molecule has 70 valence electrons. The molecule has 0 saturated heterocycles. The maximum Gasteiger partial charge on any atom is 0.219 e. The number of hydrogen-bond acceptors (Lipinski definition) is 2. The summed E-state index contributed by atoms with van der Waals surface area (Å²) in [5.74, 6) is 0.818. The maximum atomic E-state index is 11.0. The lowest BCUT2D eigenvalue weighted by molar-refractivity contribution is -0.121. The zero-order valence-electron chi connectivity index (χ0n) is 7.68. The van der Waals surface area contributed by atoms with E-state index >= 15 is 0 Å². The first-order chi connectivity index (χ1) is 5.72. The maximum absolute atomic E-state index is 11.0. The number of amides is 1. The van der Waals surface area contributed by atoms with E-state index in [1.807, 2.05) is 6.92 Å². The van der Waals surface area contributed by atoms with Gasteiger partial charge in [0.25, 0.3) is 0 Å². The topological polar surface area (TPSA) is 55.1 Å². The van der Waals surface area contributed by atoms with E-state index in [1.165, 1.54) is 0 Å². The van der Waals surface area contributed by atoms with Crippen LogP contribution in [0.1, 0.15) is 32.6 Å². The summed E-state index contributed by atoms with van der Waals surface area (Å²) >= 11 is 0. The van der Waals surface area contributed by atoms with Crippen LogP contribution in [0.4, 0.5) is 0 Å². The molecule has 12 heavy (non-hydrogen) atoms. The third-order valence-electron chi connectivity index (χ3n) is 2.34. The molecule has 3 N–H and O–H groups in total. The molecule has 1 fully saturated rings. The molecule has 1 rings (SSSR count). The normalized spacial score (nSPS) is 27.8. The van der Waals surface area contributed by atoms with Gasteiger partial charge >= 0.3 is 0 Å². The summed E-state index contributed by atoms with van der Waals surface area (Å²) in [4.78, 5) is 11.0. The molecule has 1 amide bonds. The van der Waals surface area contributed by atoms with Crippen molar-refractivity contribution in [3.05, 3.63) is 0 Å². The van der Waals surface area contributed by atoms with E-state index in [9.17, 15) is 4.79 Å². The molecule has 0 unspecified atom stereocenters. The van der Waals surface area contributed by atoms with Crippen LogP contribution in [-0.4, -0.2) is 18.5 Å². The van der Waals surface area contributed by atoms with Crippen molar-refractivity contribution in [3.63, 3.8) is 0 Å². The number of rotatable bonds is 4. The molecule has 1 saturated carbocycles. The van der Waals surface area contributed by atoms with Gasteiger partial charge in [0.05, 0.1) is 0 Å². The molecule has 0 bridgehead atoms. The summed E-state index contributed by atoms with van der Waals surface area (Å²) in [6, 6.07) is 0.387. The average molecular weight is 170 g/mol. The van der Waals surface area contributed by atoms with E-state index < -0.39 is 0 Å². The molecular weight excluding hydrogens is 152 g/mol. The lowest BCUT2D eigenvalue weighted by Gasteiger charge is -2.32. The molecule has 0 aliphatic heterocycles. The van der Waals surface area contributed by atoms with Crippen LogP contribution in [0.2, 0.25) is 0 Å². The Balaban J connectivity index is 1.98. The minimum Gasteiger partial charge on any atom is -0.356 e. The predicted molar refractivity (Wildman–Crippen MR) is 48.6 cm³/mol. The van der Waals surface area contributed by atoms with Crippen molar-refractivity contribution in [2.75, 3.05) is 6.54 Å². The number of nitrogens with one attached hydrogen (secondary N) is 1. The first-order valence-corrected chi connectivity index (χ1v) is 4.74. The summed E-state index contributed by atoms with van der Waals surface area (Å²) in [6.07, 6.45) is 3.73. The highest BCUT2D eigenvalue weighted by atomic mass is 16.1. The van der Waals surface area contributed by atoms with Crippen molar-refractivity contribution in [3.8, 4) is 0 Å². The zero-order valence-corrected chi connectivity index (χ0v) is 7.68. The highest BCUT2D eigenvalue weighted by molar-refractivity contribution is 5.75. The molecule has 3 heteroatoms. The van der Waals surface area contributed by atoms with Gasteiger partial charge in [-0.05, 0) is 25.2 Å². The van der Waals surface area contributed by atoms with Crippen LogP contribution in [0.5, 0.6) is 0 Å². The van der Waals surface area contributed by atoms with Crippen molar-refractivity contribution in [2.45, 2.75) is 38.6 Å². The molecule has 0 aromatic carbocycles. The first-order valence-electron chi connectivity index (χ1n) is 4.74. The van der Waals surface area contributed by atoms with Gasteiger partial charge in [0, 0.05) is 19.0 Å². The first kappa shape index (κ1) is 9.52. The summed E-state index contributed by atoms with van der Waals surface area (Å²) < 4.78 is 0. The van der Waals surface area contributed by atoms with E-state index in [4.69, 9.17) is 5.73 Å².